The normalized spacial score (nSPS) is 16.9. The molecule has 0 unspecified atom stereocenters. The van der Waals surface area contributed by atoms with Crippen molar-refractivity contribution >= 4 is 34.9 Å². The molecule has 0 radical (unpaired) electrons. The van der Waals surface area contributed by atoms with Crippen LogP contribution >= 0.6 is 12.2 Å². The Hall–Kier alpha value is -2.87. The number of anilines is 2. The molecule has 152 valence electrons. The summed E-state index contributed by atoms with van der Waals surface area (Å²) in [6.45, 7) is 4.26. The van der Waals surface area contributed by atoms with Gasteiger partial charge in [-0.15, -0.1) is 0 Å². The minimum atomic E-state index is -4.47. The molecule has 1 aliphatic rings. The van der Waals surface area contributed by atoms with Gasteiger partial charge in [-0.25, -0.2) is 0 Å². The van der Waals surface area contributed by atoms with Crippen LogP contribution < -0.4 is 15.6 Å². The van der Waals surface area contributed by atoms with E-state index in [0.29, 0.717) is 0 Å². The number of alkyl halides is 3. The topological polar surface area (TPSA) is 39.7 Å². The van der Waals surface area contributed by atoms with Crippen molar-refractivity contribution in [3.63, 3.8) is 0 Å². The van der Waals surface area contributed by atoms with E-state index in [0.717, 1.165) is 17.5 Å². The average Bonchev–Trinajstić information content (AvgIpc) is 2.85. The molecule has 0 bridgehead atoms. The van der Waals surface area contributed by atoms with Crippen molar-refractivity contribution in [1.82, 2.24) is 5.43 Å². The minimum Gasteiger partial charge on any atom is -0.347 e. The Bertz CT molecular complexity index is 980. The largest absolute Gasteiger partial charge is 0.418 e. The highest BCUT2D eigenvalue weighted by atomic mass is 32.1. The number of fused-ring (bicyclic) bond motifs is 1. The Morgan fingerprint density at radius 1 is 1.10 bits per heavy atom. The van der Waals surface area contributed by atoms with Crippen LogP contribution in [0, 0.1) is 0 Å². The van der Waals surface area contributed by atoms with Gasteiger partial charge in [-0.2, -0.15) is 18.3 Å². The van der Waals surface area contributed by atoms with Gasteiger partial charge in [0.05, 0.1) is 11.3 Å². The predicted molar refractivity (Wildman–Crippen MR) is 115 cm³/mol. The quantitative estimate of drug-likeness (QED) is 0.404. The van der Waals surface area contributed by atoms with Crippen LogP contribution in [-0.2, 0) is 11.6 Å². The van der Waals surface area contributed by atoms with Crippen LogP contribution in [0.25, 0.3) is 0 Å². The van der Waals surface area contributed by atoms with E-state index in [1.165, 1.54) is 23.8 Å². The molecule has 0 saturated heterocycles. The third-order valence-electron chi connectivity index (χ3n) is 4.89. The van der Waals surface area contributed by atoms with E-state index < -0.39 is 11.7 Å². The van der Waals surface area contributed by atoms with Gasteiger partial charge in [-0.1, -0.05) is 44.2 Å². The number of likely N-dealkylation sites (N-methyl/N-ethyl adjacent to an activating group) is 1. The Balaban J connectivity index is 1.68. The van der Waals surface area contributed by atoms with Crippen molar-refractivity contribution in [1.29, 1.82) is 0 Å². The van der Waals surface area contributed by atoms with E-state index in [1.807, 2.05) is 25.3 Å². The van der Waals surface area contributed by atoms with Gasteiger partial charge in [-0.3, -0.25) is 5.43 Å². The second kappa shape index (κ2) is 7.87. The Morgan fingerprint density at radius 3 is 2.45 bits per heavy atom. The van der Waals surface area contributed by atoms with E-state index in [9.17, 15) is 13.2 Å². The first-order valence-corrected chi connectivity index (χ1v) is 9.33. The standard InChI is InChI=1S/C21H21F3N4S/c1-20(2)15-9-5-7-11-17(15)28(3)18(20)12-13-25-27-19(29)26-16-10-6-4-8-14(16)21(22,23)24/h4-13H,1-3H3,(H2,26,27,29). The highest BCUT2D eigenvalue weighted by Crippen LogP contribution is 2.46. The third kappa shape index (κ3) is 4.27. The summed E-state index contributed by atoms with van der Waals surface area (Å²) in [6.07, 6.45) is -1.07. The number of benzene rings is 2. The first kappa shape index (κ1) is 20.9. The Labute approximate surface area is 173 Å². The van der Waals surface area contributed by atoms with Crippen LogP contribution in [0.3, 0.4) is 0 Å². The van der Waals surface area contributed by atoms with E-state index in [1.54, 1.807) is 6.21 Å². The zero-order valence-electron chi connectivity index (χ0n) is 16.2. The number of halogens is 3. The smallest absolute Gasteiger partial charge is 0.347 e. The molecule has 0 atom stereocenters. The van der Waals surface area contributed by atoms with Gasteiger partial charge in [0.2, 0.25) is 0 Å². The number of hydrogen-bond acceptors (Lipinski definition) is 3. The lowest BCUT2D eigenvalue weighted by Gasteiger charge is -2.23. The molecule has 29 heavy (non-hydrogen) atoms. The lowest BCUT2D eigenvalue weighted by molar-refractivity contribution is -0.136. The second-order valence-corrected chi connectivity index (χ2v) is 7.55. The van der Waals surface area contributed by atoms with Crippen LogP contribution in [0.15, 0.2) is 65.4 Å². The summed E-state index contributed by atoms with van der Waals surface area (Å²) in [4.78, 5) is 2.09. The molecule has 0 fully saturated rings. The van der Waals surface area contributed by atoms with Crippen molar-refractivity contribution in [2.75, 3.05) is 17.3 Å². The van der Waals surface area contributed by atoms with Gasteiger partial charge in [0.15, 0.2) is 5.11 Å². The van der Waals surface area contributed by atoms with Gasteiger partial charge >= 0.3 is 6.18 Å². The summed E-state index contributed by atoms with van der Waals surface area (Å²) >= 11 is 5.06. The number of nitrogens with one attached hydrogen (secondary N) is 2. The lowest BCUT2D eigenvalue weighted by atomic mass is 9.84. The first-order valence-electron chi connectivity index (χ1n) is 8.92. The molecular weight excluding hydrogens is 397 g/mol. The number of nitrogens with zero attached hydrogens (tertiary/aromatic N) is 2. The monoisotopic (exact) mass is 418 g/mol. The maximum absolute atomic E-state index is 13.1. The molecule has 1 heterocycles. The third-order valence-corrected chi connectivity index (χ3v) is 5.09. The molecule has 2 N–H and O–H groups in total. The number of hydrogen-bond donors (Lipinski definition) is 2. The van der Waals surface area contributed by atoms with Crippen molar-refractivity contribution < 1.29 is 13.2 Å². The summed E-state index contributed by atoms with van der Waals surface area (Å²) in [5, 5.41) is 6.53. The van der Waals surface area contributed by atoms with Crippen LogP contribution in [0.1, 0.15) is 25.0 Å². The van der Waals surface area contributed by atoms with Crippen LogP contribution in [-0.4, -0.2) is 18.4 Å². The molecule has 4 nitrogen and oxygen atoms in total. The zero-order chi connectivity index (χ0) is 21.2. The zero-order valence-corrected chi connectivity index (χ0v) is 17.0. The van der Waals surface area contributed by atoms with Crippen LogP contribution in [0.2, 0.25) is 0 Å². The van der Waals surface area contributed by atoms with Crippen molar-refractivity contribution in [3.8, 4) is 0 Å². The molecule has 0 amide bonds. The molecule has 8 heteroatoms. The first-order chi connectivity index (χ1) is 13.6. The molecular formula is C21H21F3N4S. The predicted octanol–water partition coefficient (Wildman–Crippen LogP) is 5.29. The van der Waals surface area contributed by atoms with E-state index >= 15 is 0 Å². The summed E-state index contributed by atoms with van der Waals surface area (Å²) in [7, 11) is 1.99. The van der Waals surface area contributed by atoms with Crippen molar-refractivity contribution in [2.24, 2.45) is 5.10 Å². The molecule has 0 aliphatic carbocycles. The van der Waals surface area contributed by atoms with Crippen molar-refractivity contribution in [3.05, 3.63) is 71.4 Å². The van der Waals surface area contributed by atoms with Gasteiger partial charge in [0.25, 0.3) is 0 Å². The molecule has 0 spiro atoms. The summed E-state index contributed by atoms with van der Waals surface area (Å²) in [5.74, 6) is 0. The Morgan fingerprint density at radius 2 is 1.76 bits per heavy atom. The number of hydrazone groups is 1. The summed E-state index contributed by atoms with van der Waals surface area (Å²) in [6, 6.07) is 13.3. The Kier molecular flexibility index (Phi) is 5.66. The van der Waals surface area contributed by atoms with Crippen LogP contribution in [0.5, 0.6) is 0 Å². The van der Waals surface area contributed by atoms with Gasteiger partial charge in [-0.05, 0) is 42.1 Å². The van der Waals surface area contributed by atoms with Gasteiger partial charge in [0.1, 0.15) is 0 Å². The molecule has 1 aliphatic heterocycles. The van der Waals surface area contributed by atoms with E-state index in [-0.39, 0.29) is 16.2 Å². The average molecular weight is 418 g/mol. The summed E-state index contributed by atoms with van der Waals surface area (Å²) < 4.78 is 39.2. The van der Waals surface area contributed by atoms with E-state index in [4.69, 9.17) is 12.2 Å². The molecule has 0 aromatic heterocycles. The SMILES string of the molecule is CN1C(=CC=NNC(=S)Nc2ccccc2C(F)(F)F)C(C)(C)c2ccccc21. The number of para-hydroxylation sites is 2. The van der Waals surface area contributed by atoms with Crippen LogP contribution in [0.4, 0.5) is 24.5 Å². The minimum absolute atomic E-state index is 0.0290. The highest BCUT2D eigenvalue weighted by molar-refractivity contribution is 7.80. The fourth-order valence-corrected chi connectivity index (χ4v) is 3.66. The fourth-order valence-electron chi connectivity index (χ4n) is 3.50. The summed E-state index contributed by atoms with van der Waals surface area (Å²) in [5.41, 5.74) is 4.84. The lowest BCUT2D eigenvalue weighted by Crippen LogP contribution is -2.26. The molecule has 2 aromatic rings. The highest BCUT2D eigenvalue weighted by Gasteiger charge is 2.37. The molecule has 2 aromatic carbocycles. The number of allylic oxidation sites excluding steroid dienone is 2. The molecule has 3 rings (SSSR count). The number of thiocarbonyl (C=S) groups is 1. The van der Waals surface area contributed by atoms with Crippen molar-refractivity contribution in [2.45, 2.75) is 25.4 Å². The molecule has 0 saturated carbocycles. The van der Waals surface area contributed by atoms with Gasteiger partial charge in [0, 0.05) is 30.1 Å². The maximum atomic E-state index is 13.1. The van der Waals surface area contributed by atoms with E-state index in [2.05, 4.69) is 46.7 Å². The second-order valence-electron chi connectivity index (χ2n) is 7.14. The maximum Gasteiger partial charge on any atom is 0.418 e. The fraction of sp³-hybridized carbons (Fsp3) is 0.238. The number of rotatable bonds is 3. The van der Waals surface area contributed by atoms with Gasteiger partial charge < -0.3 is 10.2 Å².